The zero-order chi connectivity index (χ0) is 25.6. The van der Waals surface area contributed by atoms with Crippen LogP contribution >= 0.6 is 11.6 Å². The lowest BCUT2D eigenvalue weighted by Gasteiger charge is -2.36. The van der Waals surface area contributed by atoms with Crippen LogP contribution in [0.25, 0.3) is 16.7 Å². The van der Waals surface area contributed by atoms with E-state index in [0.717, 1.165) is 47.3 Å². The molecule has 3 aliphatic rings. The maximum Gasteiger partial charge on any atom is 0.513 e. The molecule has 36 heavy (non-hydrogen) atoms. The smallest absolute Gasteiger partial charge is 0.447 e. The summed E-state index contributed by atoms with van der Waals surface area (Å²) in [5.74, 6) is 0.247. The van der Waals surface area contributed by atoms with Gasteiger partial charge in [-0.2, -0.15) is 0 Å². The Morgan fingerprint density at radius 1 is 1.06 bits per heavy atom. The fourth-order valence-electron chi connectivity index (χ4n) is 5.56. The van der Waals surface area contributed by atoms with E-state index in [-0.39, 0.29) is 11.9 Å². The van der Waals surface area contributed by atoms with Crippen LogP contribution in [0.15, 0.2) is 42.2 Å². The number of epoxide rings is 1. The van der Waals surface area contributed by atoms with Crippen LogP contribution in [0.4, 0.5) is 4.79 Å². The van der Waals surface area contributed by atoms with Gasteiger partial charge in [0.15, 0.2) is 11.4 Å². The first-order valence-electron chi connectivity index (χ1n) is 12.5. The third-order valence-corrected chi connectivity index (χ3v) is 7.59. The molecule has 5 rings (SSSR count). The van der Waals surface area contributed by atoms with Gasteiger partial charge in [-0.3, -0.25) is 0 Å². The number of hydrogen-bond donors (Lipinski definition) is 0. The molecule has 1 atom stereocenters. The Labute approximate surface area is 216 Å². The van der Waals surface area contributed by atoms with Crippen LogP contribution in [-0.2, 0) is 23.7 Å². The van der Waals surface area contributed by atoms with Crippen LogP contribution in [0, 0.1) is 19.8 Å². The first kappa shape index (κ1) is 24.8. The van der Waals surface area contributed by atoms with E-state index >= 15 is 0 Å². The van der Waals surface area contributed by atoms with Crippen LogP contribution in [0.1, 0.15) is 56.2 Å². The van der Waals surface area contributed by atoms with Crippen molar-refractivity contribution < 1.29 is 28.5 Å². The molecule has 1 unspecified atom stereocenters. The fraction of sp³-hybridized carbons (Fsp3) is 0.448. The predicted octanol–water partition coefficient (Wildman–Crippen LogP) is 6.78. The second-order valence-corrected chi connectivity index (χ2v) is 10.7. The molecule has 190 valence electrons. The second kappa shape index (κ2) is 9.56. The third-order valence-electron chi connectivity index (χ3n) is 7.33. The Kier molecular flexibility index (Phi) is 6.60. The van der Waals surface area contributed by atoms with Gasteiger partial charge < -0.3 is 18.9 Å². The molecule has 6 nitrogen and oxygen atoms in total. The van der Waals surface area contributed by atoms with E-state index in [0.29, 0.717) is 35.5 Å². The highest BCUT2D eigenvalue weighted by molar-refractivity contribution is 6.30. The highest BCUT2D eigenvalue weighted by Crippen LogP contribution is 2.51. The number of ether oxygens (including phenoxy) is 4. The molecule has 2 aliphatic heterocycles. The Hall–Kier alpha value is -2.83. The lowest BCUT2D eigenvalue weighted by Crippen LogP contribution is -2.39. The first-order chi connectivity index (χ1) is 17.2. The summed E-state index contributed by atoms with van der Waals surface area (Å²) in [6.07, 6.45) is 1.96. The lowest BCUT2D eigenvalue weighted by atomic mass is 9.76. The van der Waals surface area contributed by atoms with Crippen molar-refractivity contribution in [1.82, 2.24) is 0 Å². The highest BCUT2D eigenvalue weighted by atomic mass is 35.5. The van der Waals surface area contributed by atoms with Gasteiger partial charge in [0.2, 0.25) is 0 Å². The van der Waals surface area contributed by atoms with E-state index < -0.39 is 17.7 Å². The Morgan fingerprint density at radius 3 is 2.22 bits per heavy atom. The van der Waals surface area contributed by atoms with Crippen LogP contribution in [0.2, 0.25) is 5.02 Å². The van der Waals surface area contributed by atoms with Gasteiger partial charge in [0.25, 0.3) is 0 Å². The molecule has 1 saturated carbocycles. The van der Waals surface area contributed by atoms with Gasteiger partial charge in [0.05, 0.1) is 18.8 Å². The van der Waals surface area contributed by atoms with Gasteiger partial charge in [0, 0.05) is 5.02 Å². The summed E-state index contributed by atoms with van der Waals surface area (Å²) in [5.41, 5.74) is 3.89. The van der Waals surface area contributed by atoms with E-state index in [1.807, 2.05) is 50.2 Å². The summed E-state index contributed by atoms with van der Waals surface area (Å²) < 4.78 is 22.7. The Bertz CT molecular complexity index is 1190. The van der Waals surface area contributed by atoms with Crippen molar-refractivity contribution in [2.24, 2.45) is 5.92 Å². The monoisotopic (exact) mass is 510 g/mol. The molecule has 0 aromatic heterocycles. The molecule has 7 heteroatoms. The molecular formula is C29H31ClO6. The number of rotatable bonds is 5. The Morgan fingerprint density at radius 2 is 1.67 bits per heavy atom. The average molecular weight is 511 g/mol. The number of aryl methyl sites for hydroxylation is 2. The van der Waals surface area contributed by atoms with Gasteiger partial charge in [-0.15, -0.1) is 0 Å². The standard InChI is InChI=1S/C29H31ClO6/c1-16(2)34-28(32)35-26-25(27(31)36-29(26)11-9-20(10-12-29)23-15-33-23)24-17(3)13-21(14-18(24)4)19-5-7-22(30)8-6-19/h5-8,13-14,16,20,23H,9-12,15H2,1-4H3. The van der Waals surface area contributed by atoms with Crippen molar-refractivity contribution in [3.8, 4) is 11.1 Å². The van der Waals surface area contributed by atoms with Gasteiger partial charge in [-0.05, 0) is 99.2 Å². The average Bonchev–Trinajstić information content (AvgIpc) is 3.62. The molecule has 1 aliphatic carbocycles. The van der Waals surface area contributed by atoms with Crippen molar-refractivity contribution in [2.45, 2.75) is 71.2 Å². The number of halogens is 1. The lowest BCUT2D eigenvalue weighted by molar-refractivity contribution is -0.151. The second-order valence-electron chi connectivity index (χ2n) is 10.3. The summed E-state index contributed by atoms with van der Waals surface area (Å²) >= 11 is 6.06. The van der Waals surface area contributed by atoms with E-state index in [2.05, 4.69) is 0 Å². The van der Waals surface area contributed by atoms with Crippen LogP contribution < -0.4 is 0 Å². The molecule has 2 fully saturated rings. The van der Waals surface area contributed by atoms with Gasteiger partial charge in [-0.1, -0.05) is 35.9 Å². The van der Waals surface area contributed by atoms with Crippen molar-refractivity contribution in [1.29, 1.82) is 0 Å². The van der Waals surface area contributed by atoms with Gasteiger partial charge in [0.1, 0.15) is 5.57 Å². The number of carbonyl (C=O) groups is 2. The van der Waals surface area contributed by atoms with Crippen LogP contribution in [-0.4, -0.2) is 36.5 Å². The molecule has 2 aromatic rings. The summed E-state index contributed by atoms with van der Waals surface area (Å²) in [7, 11) is 0. The summed E-state index contributed by atoms with van der Waals surface area (Å²) in [4.78, 5) is 26.1. The van der Waals surface area contributed by atoms with Crippen molar-refractivity contribution in [3.63, 3.8) is 0 Å². The van der Waals surface area contributed by atoms with Crippen LogP contribution in [0.5, 0.6) is 0 Å². The molecule has 2 aromatic carbocycles. The molecule has 0 amide bonds. The maximum atomic E-state index is 13.4. The van der Waals surface area contributed by atoms with Crippen molar-refractivity contribution >= 4 is 29.3 Å². The molecule has 0 N–H and O–H groups in total. The van der Waals surface area contributed by atoms with E-state index in [1.54, 1.807) is 13.8 Å². The van der Waals surface area contributed by atoms with Crippen molar-refractivity contribution in [2.75, 3.05) is 6.61 Å². The number of carbonyl (C=O) groups excluding carboxylic acids is 2. The maximum absolute atomic E-state index is 13.4. The van der Waals surface area contributed by atoms with Gasteiger partial charge >= 0.3 is 12.1 Å². The minimum absolute atomic E-state index is 0.277. The number of hydrogen-bond acceptors (Lipinski definition) is 6. The summed E-state index contributed by atoms with van der Waals surface area (Å²) in [6.45, 7) is 8.22. The third kappa shape index (κ3) is 4.76. The molecule has 0 radical (unpaired) electrons. The Balaban J connectivity index is 1.56. The summed E-state index contributed by atoms with van der Waals surface area (Å²) in [6, 6.07) is 11.7. The molecule has 2 heterocycles. The van der Waals surface area contributed by atoms with E-state index in [4.69, 9.17) is 30.5 Å². The van der Waals surface area contributed by atoms with Crippen molar-refractivity contribution in [3.05, 3.63) is 63.9 Å². The zero-order valence-corrected chi connectivity index (χ0v) is 21.8. The van der Waals surface area contributed by atoms with E-state index in [9.17, 15) is 9.59 Å². The number of benzene rings is 2. The topological polar surface area (TPSA) is 74.4 Å². The predicted molar refractivity (Wildman–Crippen MR) is 137 cm³/mol. The fourth-order valence-corrected chi connectivity index (χ4v) is 5.68. The normalized spacial score (nSPS) is 25.3. The quantitative estimate of drug-likeness (QED) is 0.326. The first-order valence-corrected chi connectivity index (χ1v) is 12.9. The molecule has 0 bridgehead atoms. The zero-order valence-electron chi connectivity index (χ0n) is 21.1. The van der Waals surface area contributed by atoms with E-state index in [1.165, 1.54) is 0 Å². The molecular weight excluding hydrogens is 480 g/mol. The summed E-state index contributed by atoms with van der Waals surface area (Å²) in [5, 5.41) is 0.672. The highest BCUT2D eigenvalue weighted by Gasteiger charge is 2.54. The SMILES string of the molecule is Cc1cc(-c2ccc(Cl)cc2)cc(C)c1C1=C(OC(=O)OC(C)C)C2(CCC(C3CO3)CC2)OC1=O. The minimum atomic E-state index is -0.971. The van der Waals surface area contributed by atoms with Gasteiger partial charge in [-0.25, -0.2) is 9.59 Å². The molecule has 1 saturated heterocycles. The largest absolute Gasteiger partial charge is 0.513 e. The number of esters is 1. The molecule has 1 spiro atoms. The minimum Gasteiger partial charge on any atom is -0.447 e. The van der Waals surface area contributed by atoms with Crippen LogP contribution in [0.3, 0.4) is 0 Å².